The third-order valence-corrected chi connectivity index (χ3v) is 5.40. The number of hydrogen-bond acceptors (Lipinski definition) is 2. The standard InChI is InChI=1S/C11H9Br3O3/c1-5(11(15)16)6(2)17-8-4-3-7(12)9(13)10(8)14/h3-4,6H,1H2,2H3,(H,15,16). The minimum absolute atomic E-state index is 0.0101. The molecule has 0 fully saturated rings. The molecule has 0 amide bonds. The van der Waals surface area contributed by atoms with E-state index in [2.05, 4.69) is 54.4 Å². The summed E-state index contributed by atoms with van der Waals surface area (Å²) in [5, 5.41) is 8.79. The van der Waals surface area contributed by atoms with Gasteiger partial charge in [0.15, 0.2) is 0 Å². The lowest BCUT2D eigenvalue weighted by Crippen LogP contribution is -2.20. The third kappa shape index (κ3) is 3.56. The van der Waals surface area contributed by atoms with Crippen molar-refractivity contribution in [1.29, 1.82) is 0 Å². The molecule has 1 atom stereocenters. The molecule has 0 saturated carbocycles. The van der Waals surface area contributed by atoms with Crippen LogP contribution in [-0.4, -0.2) is 17.2 Å². The maximum absolute atomic E-state index is 10.7. The van der Waals surface area contributed by atoms with Gasteiger partial charge in [-0.05, 0) is 66.8 Å². The zero-order valence-corrected chi connectivity index (χ0v) is 13.6. The first-order valence-corrected chi connectivity index (χ1v) is 6.94. The second kappa shape index (κ2) is 6.02. The van der Waals surface area contributed by atoms with Crippen molar-refractivity contribution in [2.24, 2.45) is 0 Å². The summed E-state index contributed by atoms with van der Waals surface area (Å²) in [4.78, 5) is 10.7. The summed E-state index contributed by atoms with van der Waals surface area (Å²) in [6.45, 7) is 5.10. The SMILES string of the molecule is C=C(C(=O)O)C(C)Oc1ccc(Br)c(Br)c1Br. The number of benzene rings is 1. The van der Waals surface area contributed by atoms with Gasteiger partial charge in [0.1, 0.15) is 11.9 Å². The number of aliphatic carboxylic acids is 1. The first-order chi connectivity index (χ1) is 7.84. The third-order valence-electron chi connectivity index (χ3n) is 2.07. The Morgan fingerprint density at radius 3 is 2.47 bits per heavy atom. The fraction of sp³-hybridized carbons (Fsp3) is 0.182. The molecule has 1 unspecified atom stereocenters. The van der Waals surface area contributed by atoms with Crippen molar-refractivity contribution in [3.63, 3.8) is 0 Å². The van der Waals surface area contributed by atoms with Crippen molar-refractivity contribution in [3.05, 3.63) is 37.7 Å². The summed E-state index contributed by atoms with van der Waals surface area (Å²) >= 11 is 10.1. The van der Waals surface area contributed by atoms with Crippen molar-refractivity contribution in [1.82, 2.24) is 0 Å². The smallest absolute Gasteiger partial charge is 0.334 e. The molecule has 0 saturated heterocycles. The molecule has 1 N–H and O–H groups in total. The molecule has 1 aromatic rings. The van der Waals surface area contributed by atoms with Crippen molar-refractivity contribution >= 4 is 53.8 Å². The molecule has 0 heterocycles. The average Bonchev–Trinajstić information content (AvgIpc) is 2.28. The number of halogens is 3. The molecule has 17 heavy (non-hydrogen) atoms. The summed E-state index contributed by atoms with van der Waals surface area (Å²) in [5.74, 6) is -0.514. The van der Waals surface area contributed by atoms with Crippen LogP contribution in [0.5, 0.6) is 5.75 Å². The van der Waals surface area contributed by atoms with Gasteiger partial charge in [0.2, 0.25) is 0 Å². The Kier molecular flexibility index (Phi) is 5.22. The second-order valence-corrected chi connectivity index (χ2v) is 5.70. The zero-order valence-electron chi connectivity index (χ0n) is 8.84. The monoisotopic (exact) mass is 426 g/mol. The second-order valence-electron chi connectivity index (χ2n) is 3.26. The summed E-state index contributed by atoms with van der Waals surface area (Å²) in [6, 6.07) is 3.55. The predicted molar refractivity (Wildman–Crippen MR) is 76.4 cm³/mol. The van der Waals surface area contributed by atoms with E-state index in [0.29, 0.717) is 5.75 Å². The number of carboxylic acid groups (broad SMARTS) is 1. The highest BCUT2D eigenvalue weighted by atomic mass is 79.9. The molecule has 0 spiro atoms. The molecule has 0 aliphatic heterocycles. The Labute approximate surface area is 124 Å². The molecule has 92 valence electrons. The highest BCUT2D eigenvalue weighted by molar-refractivity contribution is 9.14. The Hall–Kier alpha value is -0.330. The quantitative estimate of drug-likeness (QED) is 0.571. The van der Waals surface area contributed by atoms with Crippen LogP contribution in [0.3, 0.4) is 0 Å². The molecular formula is C11H9Br3O3. The van der Waals surface area contributed by atoms with E-state index in [1.54, 1.807) is 19.1 Å². The first-order valence-electron chi connectivity index (χ1n) is 4.56. The molecule has 6 heteroatoms. The predicted octanol–water partition coefficient (Wildman–Crippen LogP) is 4.38. The van der Waals surface area contributed by atoms with Crippen molar-refractivity contribution in [3.8, 4) is 5.75 Å². The average molecular weight is 429 g/mol. The van der Waals surface area contributed by atoms with Crippen LogP contribution in [0, 0.1) is 0 Å². The van der Waals surface area contributed by atoms with Gasteiger partial charge >= 0.3 is 5.97 Å². The summed E-state index contributed by atoms with van der Waals surface area (Å²) < 4.78 is 7.93. The van der Waals surface area contributed by atoms with Gasteiger partial charge in [0.05, 0.1) is 10.0 Å². The van der Waals surface area contributed by atoms with Gasteiger partial charge in [-0.1, -0.05) is 6.58 Å². The van der Waals surface area contributed by atoms with Crippen molar-refractivity contribution in [2.75, 3.05) is 0 Å². The van der Waals surface area contributed by atoms with E-state index >= 15 is 0 Å². The zero-order chi connectivity index (χ0) is 13.2. The van der Waals surface area contributed by atoms with Gasteiger partial charge < -0.3 is 9.84 Å². The number of hydrogen-bond donors (Lipinski definition) is 1. The van der Waals surface area contributed by atoms with E-state index in [0.717, 1.165) is 13.4 Å². The molecule has 1 rings (SSSR count). The molecule has 0 aliphatic rings. The Morgan fingerprint density at radius 1 is 1.35 bits per heavy atom. The van der Waals surface area contributed by atoms with Crippen molar-refractivity contribution in [2.45, 2.75) is 13.0 Å². The lowest BCUT2D eigenvalue weighted by molar-refractivity contribution is -0.133. The first kappa shape index (κ1) is 14.7. The molecule has 0 bridgehead atoms. The highest BCUT2D eigenvalue weighted by Gasteiger charge is 2.17. The minimum Gasteiger partial charge on any atom is -0.485 e. The number of ether oxygens (including phenoxy) is 1. The minimum atomic E-state index is -1.07. The van der Waals surface area contributed by atoms with Crippen molar-refractivity contribution < 1.29 is 14.6 Å². The molecule has 1 aromatic carbocycles. The van der Waals surface area contributed by atoms with Crippen LogP contribution in [0.25, 0.3) is 0 Å². The van der Waals surface area contributed by atoms with Gasteiger partial charge in [-0.15, -0.1) is 0 Å². The fourth-order valence-corrected chi connectivity index (χ4v) is 2.40. The lowest BCUT2D eigenvalue weighted by Gasteiger charge is -2.16. The number of carbonyl (C=O) groups is 1. The Bertz CT molecular complexity index is 471. The number of carboxylic acids is 1. The van der Waals surface area contributed by atoms with E-state index in [-0.39, 0.29) is 5.57 Å². The van der Waals surface area contributed by atoms with Crippen LogP contribution in [0.15, 0.2) is 37.7 Å². The van der Waals surface area contributed by atoms with Gasteiger partial charge in [-0.3, -0.25) is 0 Å². The van der Waals surface area contributed by atoms with E-state index in [1.165, 1.54) is 0 Å². The lowest BCUT2D eigenvalue weighted by atomic mass is 10.2. The Morgan fingerprint density at radius 2 is 1.94 bits per heavy atom. The number of rotatable bonds is 4. The largest absolute Gasteiger partial charge is 0.485 e. The summed E-state index contributed by atoms with van der Waals surface area (Å²) in [5.41, 5.74) is 0.0101. The van der Waals surface area contributed by atoms with Crippen LogP contribution in [0.2, 0.25) is 0 Å². The topological polar surface area (TPSA) is 46.5 Å². The van der Waals surface area contributed by atoms with E-state index in [4.69, 9.17) is 9.84 Å². The van der Waals surface area contributed by atoms with Crippen LogP contribution in [0.1, 0.15) is 6.92 Å². The van der Waals surface area contributed by atoms with Gasteiger partial charge in [-0.2, -0.15) is 0 Å². The van der Waals surface area contributed by atoms with Crippen LogP contribution in [0.4, 0.5) is 0 Å². The van der Waals surface area contributed by atoms with Gasteiger partial charge in [-0.25, -0.2) is 4.79 Å². The molecule has 0 radical (unpaired) electrons. The molecular weight excluding hydrogens is 420 g/mol. The summed E-state index contributed by atoms with van der Waals surface area (Å²) in [7, 11) is 0. The van der Waals surface area contributed by atoms with Crippen LogP contribution >= 0.6 is 47.8 Å². The molecule has 3 nitrogen and oxygen atoms in total. The summed E-state index contributed by atoms with van der Waals surface area (Å²) in [6.07, 6.45) is -0.600. The molecule has 0 aromatic heterocycles. The van der Waals surface area contributed by atoms with Gasteiger partial charge in [0, 0.05) is 8.95 Å². The molecule has 0 aliphatic carbocycles. The van der Waals surface area contributed by atoms with E-state index in [1.807, 2.05) is 0 Å². The normalized spacial score (nSPS) is 12.0. The Balaban J connectivity index is 2.93. The van der Waals surface area contributed by atoms with Crippen LogP contribution in [-0.2, 0) is 4.79 Å². The van der Waals surface area contributed by atoms with Gasteiger partial charge in [0.25, 0.3) is 0 Å². The van der Waals surface area contributed by atoms with Crippen LogP contribution < -0.4 is 4.74 Å². The fourth-order valence-electron chi connectivity index (χ4n) is 1.03. The van der Waals surface area contributed by atoms with E-state index in [9.17, 15) is 4.79 Å². The van der Waals surface area contributed by atoms with E-state index < -0.39 is 12.1 Å². The maximum atomic E-state index is 10.7. The maximum Gasteiger partial charge on any atom is 0.334 e. The highest BCUT2D eigenvalue weighted by Crippen LogP contribution is 2.38.